The first-order chi connectivity index (χ1) is 14.5. The molecule has 1 aliphatic rings. The predicted molar refractivity (Wildman–Crippen MR) is 122 cm³/mol. The highest BCUT2D eigenvalue weighted by Gasteiger charge is 2.25. The van der Waals surface area contributed by atoms with Gasteiger partial charge in [0.15, 0.2) is 11.5 Å². The minimum atomic E-state index is 0.303. The largest absolute Gasteiger partial charge is 0.493 e. The number of rotatable bonds is 6. The van der Waals surface area contributed by atoms with Crippen LogP contribution in [0.4, 0.5) is 0 Å². The molecule has 1 aromatic carbocycles. The molecule has 1 N–H and O–H groups in total. The first-order valence-electron chi connectivity index (χ1n) is 10.5. The number of likely N-dealkylation sites (tertiary alicyclic amines) is 1. The van der Waals surface area contributed by atoms with Gasteiger partial charge in [0.05, 0.1) is 19.9 Å². The van der Waals surface area contributed by atoms with E-state index in [0.717, 1.165) is 40.8 Å². The number of ether oxygens (including phenoxy) is 2. The molecule has 1 fully saturated rings. The quantitative estimate of drug-likeness (QED) is 0.591. The van der Waals surface area contributed by atoms with Crippen molar-refractivity contribution in [3.05, 3.63) is 34.8 Å². The van der Waals surface area contributed by atoms with E-state index in [0.29, 0.717) is 17.6 Å². The van der Waals surface area contributed by atoms with Crippen molar-refractivity contribution < 1.29 is 9.47 Å². The van der Waals surface area contributed by atoms with Gasteiger partial charge >= 0.3 is 0 Å². The van der Waals surface area contributed by atoms with E-state index in [1.165, 1.54) is 23.3 Å². The molecule has 0 saturated carbocycles. The van der Waals surface area contributed by atoms with E-state index in [1.54, 1.807) is 25.6 Å². The molecule has 0 radical (unpaired) electrons. The van der Waals surface area contributed by atoms with E-state index < -0.39 is 0 Å². The van der Waals surface area contributed by atoms with Crippen molar-refractivity contribution >= 4 is 11.3 Å². The van der Waals surface area contributed by atoms with Crippen LogP contribution in [0.5, 0.6) is 11.5 Å². The van der Waals surface area contributed by atoms with Crippen LogP contribution < -0.4 is 9.47 Å². The average molecular weight is 427 g/mol. The summed E-state index contributed by atoms with van der Waals surface area (Å²) in [5.41, 5.74) is 4.18. The minimum absolute atomic E-state index is 0.303. The Labute approximate surface area is 182 Å². The zero-order valence-corrected chi connectivity index (χ0v) is 19.2. The van der Waals surface area contributed by atoms with Gasteiger partial charge in [-0.05, 0) is 63.0 Å². The normalized spacial score (nSPS) is 15.7. The first-order valence-corrected chi connectivity index (χ1v) is 11.3. The molecular formula is C23H30N4O2S. The Kier molecular flexibility index (Phi) is 6.11. The molecule has 0 aliphatic carbocycles. The summed E-state index contributed by atoms with van der Waals surface area (Å²) < 4.78 is 10.9. The van der Waals surface area contributed by atoms with Crippen molar-refractivity contribution in [2.75, 3.05) is 34.4 Å². The molecule has 3 aromatic rings. The van der Waals surface area contributed by atoms with Crippen LogP contribution in [-0.2, 0) is 0 Å². The van der Waals surface area contributed by atoms with Gasteiger partial charge in [0.2, 0.25) is 0 Å². The second kappa shape index (κ2) is 8.78. The number of hydrogen-bond donors (Lipinski definition) is 1. The van der Waals surface area contributed by atoms with Crippen LogP contribution in [0.15, 0.2) is 24.4 Å². The lowest BCUT2D eigenvalue weighted by molar-refractivity contribution is 0.257. The van der Waals surface area contributed by atoms with E-state index in [2.05, 4.69) is 37.1 Å². The van der Waals surface area contributed by atoms with E-state index in [1.807, 2.05) is 18.2 Å². The number of piperidine rings is 1. The fourth-order valence-electron chi connectivity index (χ4n) is 4.17. The fraction of sp³-hybridized carbons (Fsp3) is 0.478. The summed E-state index contributed by atoms with van der Waals surface area (Å²) in [5, 5.41) is 8.96. The van der Waals surface area contributed by atoms with Gasteiger partial charge in [0, 0.05) is 22.2 Å². The van der Waals surface area contributed by atoms with Crippen molar-refractivity contribution in [2.24, 2.45) is 0 Å². The third-order valence-electron chi connectivity index (χ3n) is 5.90. The molecule has 7 heteroatoms. The maximum absolute atomic E-state index is 5.50. The molecular weight excluding hydrogens is 396 g/mol. The molecule has 1 aliphatic heterocycles. The zero-order valence-electron chi connectivity index (χ0n) is 18.4. The number of nitrogens with zero attached hydrogens (tertiary/aromatic N) is 3. The molecule has 0 spiro atoms. The molecule has 160 valence electrons. The SMILES string of the molecule is COc1ccc(-c2[nH]nc(-c3ncc(C4CCN(C)CC4)s3)c2C(C)C)cc1OC. The summed E-state index contributed by atoms with van der Waals surface area (Å²) in [5.74, 6) is 2.34. The fourth-order valence-corrected chi connectivity index (χ4v) is 5.25. The minimum Gasteiger partial charge on any atom is -0.493 e. The van der Waals surface area contributed by atoms with Crippen LogP contribution in [0.1, 0.15) is 49.0 Å². The molecule has 30 heavy (non-hydrogen) atoms. The number of aromatic amines is 1. The maximum Gasteiger partial charge on any atom is 0.161 e. The second-order valence-corrected chi connectivity index (χ2v) is 9.29. The van der Waals surface area contributed by atoms with Gasteiger partial charge in [-0.2, -0.15) is 5.10 Å². The van der Waals surface area contributed by atoms with E-state index >= 15 is 0 Å². The van der Waals surface area contributed by atoms with Gasteiger partial charge < -0.3 is 14.4 Å². The van der Waals surface area contributed by atoms with E-state index in [9.17, 15) is 0 Å². The Morgan fingerprint density at radius 2 is 1.87 bits per heavy atom. The van der Waals surface area contributed by atoms with Crippen LogP contribution in [0.2, 0.25) is 0 Å². The number of methoxy groups -OCH3 is 2. The van der Waals surface area contributed by atoms with Gasteiger partial charge in [-0.25, -0.2) is 4.98 Å². The number of hydrogen-bond acceptors (Lipinski definition) is 6. The monoisotopic (exact) mass is 426 g/mol. The predicted octanol–water partition coefficient (Wildman–Crippen LogP) is 5.15. The molecule has 1 saturated heterocycles. The summed E-state index contributed by atoms with van der Waals surface area (Å²) in [6.07, 6.45) is 4.46. The number of H-pyrrole nitrogens is 1. The number of benzene rings is 1. The smallest absolute Gasteiger partial charge is 0.161 e. The lowest BCUT2D eigenvalue weighted by atomic mass is 9.96. The number of nitrogens with one attached hydrogen (secondary N) is 1. The van der Waals surface area contributed by atoms with Crippen molar-refractivity contribution in [3.8, 4) is 33.5 Å². The third kappa shape index (κ3) is 3.96. The average Bonchev–Trinajstić information content (AvgIpc) is 3.41. The van der Waals surface area contributed by atoms with Crippen molar-refractivity contribution in [2.45, 2.75) is 38.5 Å². The van der Waals surface area contributed by atoms with Crippen LogP contribution in [-0.4, -0.2) is 54.4 Å². The van der Waals surface area contributed by atoms with Gasteiger partial charge in [-0.1, -0.05) is 13.8 Å². The van der Waals surface area contributed by atoms with Crippen molar-refractivity contribution in [3.63, 3.8) is 0 Å². The standard InChI is InChI=1S/C23H30N4O2S/c1-14(2)20-21(16-6-7-17(28-4)18(12-16)29-5)25-26-22(20)23-24-13-19(30-23)15-8-10-27(3)11-9-15/h6-7,12-15H,8-11H2,1-5H3,(H,25,26). The molecule has 0 amide bonds. The van der Waals surface area contributed by atoms with Crippen LogP contribution in [0.25, 0.3) is 22.0 Å². The van der Waals surface area contributed by atoms with Gasteiger partial charge in [0.25, 0.3) is 0 Å². The van der Waals surface area contributed by atoms with Gasteiger partial charge in [0.1, 0.15) is 10.7 Å². The Balaban J connectivity index is 1.69. The van der Waals surface area contributed by atoms with Crippen LogP contribution in [0, 0.1) is 0 Å². The van der Waals surface area contributed by atoms with Gasteiger partial charge in [-0.3, -0.25) is 5.10 Å². The molecule has 0 unspecified atom stereocenters. The molecule has 6 nitrogen and oxygen atoms in total. The lowest BCUT2D eigenvalue weighted by Gasteiger charge is -2.27. The summed E-state index contributed by atoms with van der Waals surface area (Å²) in [4.78, 5) is 8.55. The third-order valence-corrected chi connectivity index (χ3v) is 7.07. The Morgan fingerprint density at radius 3 is 2.53 bits per heavy atom. The summed E-state index contributed by atoms with van der Waals surface area (Å²) in [6.45, 7) is 6.70. The Bertz CT molecular complexity index is 1000. The van der Waals surface area contributed by atoms with Gasteiger partial charge in [-0.15, -0.1) is 11.3 Å². The maximum atomic E-state index is 5.50. The van der Waals surface area contributed by atoms with Crippen LogP contribution in [0.3, 0.4) is 0 Å². The number of thiazole rings is 1. The zero-order chi connectivity index (χ0) is 21.3. The summed E-state index contributed by atoms with van der Waals surface area (Å²) >= 11 is 1.79. The molecule has 0 bridgehead atoms. The highest BCUT2D eigenvalue weighted by Crippen LogP contribution is 2.41. The first kappa shape index (κ1) is 20.9. The molecule has 4 rings (SSSR count). The summed E-state index contributed by atoms with van der Waals surface area (Å²) in [7, 11) is 5.50. The summed E-state index contributed by atoms with van der Waals surface area (Å²) in [6, 6.07) is 5.96. The second-order valence-electron chi connectivity index (χ2n) is 8.23. The topological polar surface area (TPSA) is 63.3 Å². The van der Waals surface area contributed by atoms with Crippen molar-refractivity contribution in [1.82, 2.24) is 20.1 Å². The molecule has 0 atom stereocenters. The van der Waals surface area contributed by atoms with E-state index in [-0.39, 0.29) is 0 Å². The highest BCUT2D eigenvalue weighted by atomic mass is 32.1. The van der Waals surface area contributed by atoms with E-state index in [4.69, 9.17) is 19.6 Å². The van der Waals surface area contributed by atoms with Crippen LogP contribution >= 0.6 is 11.3 Å². The highest BCUT2D eigenvalue weighted by molar-refractivity contribution is 7.15. The Hall–Kier alpha value is -2.38. The lowest BCUT2D eigenvalue weighted by Crippen LogP contribution is -2.28. The van der Waals surface area contributed by atoms with Crippen molar-refractivity contribution in [1.29, 1.82) is 0 Å². The molecule has 3 heterocycles. The Morgan fingerprint density at radius 1 is 1.13 bits per heavy atom. The number of aromatic nitrogens is 3. The molecule has 2 aromatic heterocycles.